The number of thiophene rings is 1. The van der Waals surface area contributed by atoms with Crippen LogP contribution in [-0.4, -0.2) is 33.8 Å². The maximum absolute atomic E-state index is 13.1. The molecule has 2 aromatic carbocycles. The number of carbonyl (C=O) groups is 2. The molecule has 0 unspecified atom stereocenters. The molecule has 3 heterocycles. The third-order valence-corrected chi connectivity index (χ3v) is 7.25. The van der Waals surface area contributed by atoms with Crippen molar-refractivity contribution in [1.82, 2.24) is 9.66 Å². The van der Waals surface area contributed by atoms with E-state index in [1.807, 2.05) is 30.3 Å². The Morgan fingerprint density at radius 2 is 1.85 bits per heavy atom. The second-order valence-electron chi connectivity index (χ2n) is 7.54. The first-order valence-corrected chi connectivity index (χ1v) is 12.4. The number of nitrogens with one attached hydrogen (secondary N) is 1. The van der Waals surface area contributed by atoms with E-state index in [1.54, 1.807) is 40.6 Å². The summed E-state index contributed by atoms with van der Waals surface area (Å²) in [6.45, 7) is 0.658. The molecule has 2 amide bonds. The summed E-state index contributed by atoms with van der Waals surface area (Å²) in [5.74, 6) is -0.390. The van der Waals surface area contributed by atoms with Crippen molar-refractivity contribution in [2.75, 3.05) is 22.6 Å². The smallest absolute Gasteiger partial charge is 0.291 e. The van der Waals surface area contributed by atoms with Gasteiger partial charge in [-0.3, -0.25) is 19.8 Å². The summed E-state index contributed by atoms with van der Waals surface area (Å²) in [7, 11) is 0. The molecule has 0 atom stereocenters. The van der Waals surface area contributed by atoms with Gasteiger partial charge in [-0.05, 0) is 48.1 Å². The highest BCUT2D eigenvalue weighted by molar-refractivity contribution is 7.99. The van der Waals surface area contributed by atoms with E-state index >= 15 is 0 Å². The van der Waals surface area contributed by atoms with Crippen molar-refractivity contribution in [1.29, 1.82) is 0 Å². The second kappa shape index (κ2) is 9.21. The zero-order valence-corrected chi connectivity index (χ0v) is 19.2. The monoisotopic (exact) mass is 476 g/mol. The molecular weight excluding hydrogens is 456 g/mol. The molecule has 7 nitrogen and oxygen atoms in total. The summed E-state index contributed by atoms with van der Waals surface area (Å²) < 4.78 is 1.60. The van der Waals surface area contributed by atoms with E-state index in [0.29, 0.717) is 22.3 Å². The Balaban J connectivity index is 1.42. The van der Waals surface area contributed by atoms with Crippen molar-refractivity contribution in [2.24, 2.45) is 0 Å². The number of aryl methyl sites for hydroxylation is 1. The number of nitrogens with zero attached hydrogens (tertiary/aromatic N) is 3. The van der Waals surface area contributed by atoms with Crippen LogP contribution in [0.2, 0.25) is 0 Å². The number of rotatable bonds is 5. The average Bonchev–Trinajstić information content (AvgIpc) is 3.33. The van der Waals surface area contributed by atoms with Gasteiger partial charge in [-0.2, -0.15) is 4.68 Å². The molecule has 5 rings (SSSR count). The lowest BCUT2D eigenvalue weighted by Crippen LogP contribution is -2.37. The minimum Gasteiger partial charge on any atom is -0.311 e. The van der Waals surface area contributed by atoms with Gasteiger partial charge in [0.2, 0.25) is 5.91 Å². The fourth-order valence-electron chi connectivity index (χ4n) is 3.84. The average molecular weight is 477 g/mol. The quantitative estimate of drug-likeness (QED) is 0.349. The van der Waals surface area contributed by atoms with E-state index in [9.17, 15) is 14.4 Å². The molecule has 4 aromatic rings. The standard InChI is InChI=1S/C24H20N4O3S2/c29-20(27-13-6-10-16-7-4-5-11-19(16)27)15-33-24-25-18-12-14-32-21(18)23(31)28(24)26-22(30)17-8-2-1-3-9-17/h1-5,7-9,11-12,14H,6,10,13,15H2,(H,26,30). The molecule has 0 radical (unpaired) electrons. The minimum atomic E-state index is -0.423. The largest absolute Gasteiger partial charge is 0.311 e. The highest BCUT2D eigenvalue weighted by Gasteiger charge is 2.23. The third-order valence-electron chi connectivity index (χ3n) is 5.43. The Labute approximate surface area is 198 Å². The molecule has 1 N–H and O–H groups in total. The van der Waals surface area contributed by atoms with Crippen LogP contribution in [0.25, 0.3) is 10.2 Å². The number of thioether (sulfide) groups is 1. The Hall–Kier alpha value is -3.43. The first kappa shape index (κ1) is 21.4. The molecule has 0 aliphatic carbocycles. The molecule has 1 aliphatic rings. The van der Waals surface area contributed by atoms with E-state index in [2.05, 4.69) is 10.4 Å². The van der Waals surface area contributed by atoms with Crippen molar-refractivity contribution >= 4 is 50.8 Å². The van der Waals surface area contributed by atoms with Crippen molar-refractivity contribution < 1.29 is 9.59 Å². The van der Waals surface area contributed by atoms with E-state index in [4.69, 9.17) is 0 Å². The van der Waals surface area contributed by atoms with E-state index in [0.717, 1.165) is 40.5 Å². The maximum atomic E-state index is 13.1. The summed E-state index contributed by atoms with van der Waals surface area (Å²) in [4.78, 5) is 45.3. The summed E-state index contributed by atoms with van der Waals surface area (Å²) in [5, 5.41) is 2.06. The van der Waals surface area contributed by atoms with E-state index in [1.165, 1.54) is 11.3 Å². The summed E-state index contributed by atoms with van der Waals surface area (Å²) in [5.41, 5.74) is 5.36. The SMILES string of the molecule is O=C(Nn1c(SCC(=O)N2CCCc3ccccc32)nc2ccsc2c1=O)c1ccccc1. The van der Waals surface area contributed by atoms with Gasteiger partial charge in [0.15, 0.2) is 5.16 Å². The maximum Gasteiger partial charge on any atom is 0.291 e. The Morgan fingerprint density at radius 1 is 1.06 bits per heavy atom. The molecule has 0 spiro atoms. The van der Waals surface area contributed by atoms with Gasteiger partial charge in [0.05, 0.1) is 11.3 Å². The first-order valence-electron chi connectivity index (χ1n) is 10.5. The number of para-hydroxylation sites is 1. The van der Waals surface area contributed by atoms with Gasteiger partial charge in [-0.25, -0.2) is 4.98 Å². The lowest BCUT2D eigenvalue weighted by Gasteiger charge is -2.29. The molecule has 0 bridgehead atoms. The van der Waals surface area contributed by atoms with Crippen LogP contribution in [0.5, 0.6) is 0 Å². The Kier molecular flexibility index (Phi) is 5.97. The predicted octanol–water partition coefficient (Wildman–Crippen LogP) is 3.91. The van der Waals surface area contributed by atoms with Crippen LogP contribution in [0.4, 0.5) is 5.69 Å². The second-order valence-corrected chi connectivity index (χ2v) is 9.40. The number of hydrogen-bond acceptors (Lipinski definition) is 6. The van der Waals surface area contributed by atoms with Gasteiger partial charge < -0.3 is 4.90 Å². The highest BCUT2D eigenvalue weighted by atomic mass is 32.2. The number of hydrogen-bond donors (Lipinski definition) is 1. The molecule has 0 saturated carbocycles. The molecular formula is C24H20N4O3S2. The van der Waals surface area contributed by atoms with Crippen LogP contribution in [0.1, 0.15) is 22.3 Å². The van der Waals surface area contributed by atoms with Gasteiger partial charge in [0.1, 0.15) is 4.70 Å². The molecule has 33 heavy (non-hydrogen) atoms. The number of benzene rings is 2. The molecule has 0 saturated heterocycles. The van der Waals surface area contributed by atoms with Crippen LogP contribution >= 0.6 is 23.1 Å². The first-order chi connectivity index (χ1) is 16.1. The lowest BCUT2D eigenvalue weighted by atomic mass is 10.0. The van der Waals surface area contributed by atoms with Crippen LogP contribution in [0, 0.1) is 0 Å². The van der Waals surface area contributed by atoms with Crippen molar-refractivity contribution in [3.05, 3.63) is 87.5 Å². The topological polar surface area (TPSA) is 84.3 Å². The van der Waals surface area contributed by atoms with Crippen molar-refractivity contribution in [3.63, 3.8) is 0 Å². The number of aromatic nitrogens is 2. The summed E-state index contributed by atoms with van der Waals surface area (Å²) >= 11 is 2.41. The third kappa shape index (κ3) is 4.29. The van der Waals surface area contributed by atoms with Gasteiger partial charge in [0.25, 0.3) is 11.5 Å². The van der Waals surface area contributed by atoms with Crippen LogP contribution in [0.3, 0.4) is 0 Å². The number of anilines is 1. The number of fused-ring (bicyclic) bond motifs is 2. The Morgan fingerprint density at radius 3 is 2.70 bits per heavy atom. The van der Waals surface area contributed by atoms with Gasteiger partial charge >= 0.3 is 0 Å². The summed E-state index contributed by atoms with van der Waals surface area (Å²) in [6, 6.07) is 18.3. The number of amides is 2. The molecule has 2 aromatic heterocycles. The molecule has 0 fully saturated rings. The zero-order valence-electron chi connectivity index (χ0n) is 17.6. The van der Waals surface area contributed by atoms with E-state index < -0.39 is 5.91 Å². The Bertz CT molecular complexity index is 1400. The van der Waals surface area contributed by atoms with Crippen molar-refractivity contribution in [3.8, 4) is 0 Å². The molecule has 1 aliphatic heterocycles. The van der Waals surface area contributed by atoms with Crippen LogP contribution < -0.4 is 15.9 Å². The lowest BCUT2D eigenvalue weighted by molar-refractivity contribution is -0.116. The highest BCUT2D eigenvalue weighted by Crippen LogP contribution is 2.28. The predicted molar refractivity (Wildman–Crippen MR) is 132 cm³/mol. The molecule has 166 valence electrons. The van der Waals surface area contributed by atoms with Gasteiger partial charge in [0, 0.05) is 17.8 Å². The molecule has 9 heteroatoms. The van der Waals surface area contributed by atoms with E-state index in [-0.39, 0.29) is 22.4 Å². The van der Waals surface area contributed by atoms with Gasteiger partial charge in [-0.1, -0.05) is 48.2 Å². The fourth-order valence-corrected chi connectivity index (χ4v) is 5.43. The van der Waals surface area contributed by atoms with Crippen molar-refractivity contribution in [2.45, 2.75) is 18.0 Å². The normalized spacial score (nSPS) is 13.0. The fraction of sp³-hybridized carbons (Fsp3) is 0.167. The minimum absolute atomic E-state index is 0.0623. The van der Waals surface area contributed by atoms with Crippen LogP contribution in [0.15, 0.2) is 76.0 Å². The van der Waals surface area contributed by atoms with Crippen LogP contribution in [-0.2, 0) is 11.2 Å². The number of carbonyl (C=O) groups excluding carboxylic acids is 2. The zero-order chi connectivity index (χ0) is 22.8. The van der Waals surface area contributed by atoms with Gasteiger partial charge in [-0.15, -0.1) is 11.3 Å². The summed E-state index contributed by atoms with van der Waals surface area (Å²) in [6.07, 6.45) is 1.86.